The van der Waals surface area contributed by atoms with E-state index in [1.807, 2.05) is 18.2 Å². The smallest absolute Gasteiger partial charge is 0.275 e. The second-order valence-electron chi connectivity index (χ2n) is 8.42. The summed E-state index contributed by atoms with van der Waals surface area (Å²) in [5.74, 6) is 0.176. The van der Waals surface area contributed by atoms with Gasteiger partial charge in [-0.15, -0.1) is 11.3 Å². The number of amides is 2. The first kappa shape index (κ1) is 20.1. The van der Waals surface area contributed by atoms with Gasteiger partial charge in [-0.1, -0.05) is 6.07 Å². The van der Waals surface area contributed by atoms with E-state index < -0.39 is 0 Å². The molecular weight excluding hydrogens is 440 g/mol. The first-order chi connectivity index (χ1) is 16.1. The number of carbonyl (C=O) groups excluding carboxylic acids is 2. The summed E-state index contributed by atoms with van der Waals surface area (Å²) in [6.45, 7) is 2.29. The maximum Gasteiger partial charge on any atom is 0.275 e. The molecule has 1 aromatic carbocycles. The molecule has 0 aliphatic carbocycles. The molecule has 2 unspecified atom stereocenters. The van der Waals surface area contributed by atoms with Crippen molar-refractivity contribution in [3.8, 4) is 5.75 Å². The number of methoxy groups -OCH3 is 1. The molecule has 5 heterocycles. The van der Waals surface area contributed by atoms with E-state index >= 15 is 0 Å². The fourth-order valence-corrected chi connectivity index (χ4v) is 5.63. The minimum absolute atomic E-state index is 0.141. The number of anilines is 3. The molecule has 2 saturated heterocycles. The van der Waals surface area contributed by atoms with E-state index in [2.05, 4.69) is 25.5 Å². The third kappa shape index (κ3) is 3.42. The number of pyridine rings is 1. The van der Waals surface area contributed by atoms with E-state index in [1.165, 1.54) is 11.3 Å². The number of piperazine rings is 1. The van der Waals surface area contributed by atoms with Crippen LogP contribution in [0, 0.1) is 0 Å². The number of hydrogen-bond acceptors (Lipinski definition) is 8. The van der Waals surface area contributed by atoms with Crippen LogP contribution in [-0.4, -0.2) is 54.1 Å². The largest absolute Gasteiger partial charge is 0.497 e. The van der Waals surface area contributed by atoms with Crippen molar-refractivity contribution in [2.45, 2.75) is 25.0 Å². The molecular formula is C23H22N6O3S. The van der Waals surface area contributed by atoms with Crippen LogP contribution in [0.2, 0.25) is 0 Å². The average molecular weight is 463 g/mol. The van der Waals surface area contributed by atoms with Crippen LogP contribution in [0.4, 0.5) is 16.5 Å². The van der Waals surface area contributed by atoms with Crippen molar-refractivity contribution in [2.24, 2.45) is 0 Å². The summed E-state index contributed by atoms with van der Waals surface area (Å²) in [6, 6.07) is 8.33. The van der Waals surface area contributed by atoms with Crippen molar-refractivity contribution in [2.75, 3.05) is 35.3 Å². The summed E-state index contributed by atoms with van der Waals surface area (Å²) >= 11 is 1.28. The molecule has 3 aromatic rings. The molecule has 3 aliphatic heterocycles. The number of ether oxygens (including phenoxy) is 1. The van der Waals surface area contributed by atoms with Gasteiger partial charge in [-0.25, -0.2) is 4.98 Å². The lowest BCUT2D eigenvalue weighted by Gasteiger charge is -2.31. The first-order valence-corrected chi connectivity index (χ1v) is 11.7. The Bertz CT molecular complexity index is 1260. The Morgan fingerprint density at radius 1 is 1.33 bits per heavy atom. The van der Waals surface area contributed by atoms with E-state index in [1.54, 1.807) is 35.8 Å². The highest BCUT2D eigenvalue weighted by Crippen LogP contribution is 2.35. The highest BCUT2D eigenvalue weighted by Gasteiger charge is 2.38. The maximum absolute atomic E-state index is 13.0. The Balaban J connectivity index is 1.20. The van der Waals surface area contributed by atoms with Gasteiger partial charge >= 0.3 is 0 Å². The van der Waals surface area contributed by atoms with E-state index in [9.17, 15) is 9.59 Å². The van der Waals surface area contributed by atoms with E-state index in [-0.39, 0.29) is 17.5 Å². The molecule has 2 amide bonds. The fraction of sp³-hybridized carbons (Fsp3) is 0.304. The van der Waals surface area contributed by atoms with Crippen molar-refractivity contribution < 1.29 is 14.3 Å². The second-order valence-corrected chi connectivity index (χ2v) is 9.26. The Morgan fingerprint density at radius 2 is 2.24 bits per heavy atom. The summed E-state index contributed by atoms with van der Waals surface area (Å²) in [5.41, 5.74) is 3.43. The number of aromatic nitrogens is 2. The van der Waals surface area contributed by atoms with Crippen LogP contribution in [0.15, 0.2) is 42.0 Å². The molecule has 168 valence electrons. The minimum atomic E-state index is -0.319. The zero-order valence-corrected chi connectivity index (χ0v) is 18.8. The molecule has 0 spiro atoms. The standard InChI is InChI=1S/C23H22N6O3S/c1-32-16-3-2-13-10-29(22(31)17(13)7-16)23-27-19(12-33-23)21(30)26-18-9-24-5-4-20(18)28-11-14-6-15(28)8-25-14/h2-5,7,9,12,14-15,25H,6,8,10-11H2,1H3,(H,26,30). The Morgan fingerprint density at radius 3 is 3.03 bits per heavy atom. The summed E-state index contributed by atoms with van der Waals surface area (Å²) in [5, 5.41) is 8.64. The predicted molar refractivity (Wildman–Crippen MR) is 125 cm³/mol. The van der Waals surface area contributed by atoms with Crippen LogP contribution in [0.5, 0.6) is 5.75 Å². The summed E-state index contributed by atoms with van der Waals surface area (Å²) in [7, 11) is 1.57. The molecule has 6 rings (SSSR count). The van der Waals surface area contributed by atoms with Gasteiger partial charge in [-0.2, -0.15) is 0 Å². The lowest BCUT2D eigenvalue weighted by atomic mass is 10.1. The van der Waals surface area contributed by atoms with Gasteiger partial charge in [0.05, 0.1) is 31.2 Å². The SMILES string of the molecule is COc1ccc2c(c1)C(=O)N(c1nc(C(=O)Nc3cnccc3N3CC4CC3CN4)cs1)C2. The van der Waals surface area contributed by atoms with Gasteiger partial charge in [-0.3, -0.25) is 19.5 Å². The van der Waals surface area contributed by atoms with Crippen molar-refractivity contribution in [3.63, 3.8) is 0 Å². The maximum atomic E-state index is 13.0. The third-order valence-corrected chi connectivity index (χ3v) is 7.35. The van der Waals surface area contributed by atoms with Gasteiger partial charge in [0.25, 0.3) is 11.8 Å². The fourth-order valence-electron chi connectivity index (χ4n) is 4.83. The number of rotatable bonds is 5. The van der Waals surface area contributed by atoms with Crippen LogP contribution in [0.1, 0.15) is 32.8 Å². The Labute approximate surface area is 194 Å². The average Bonchev–Trinajstić information content (AvgIpc) is 3.63. The van der Waals surface area contributed by atoms with E-state index in [0.29, 0.717) is 40.8 Å². The van der Waals surface area contributed by atoms with E-state index in [4.69, 9.17) is 4.74 Å². The van der Waals surface area contributed by atoms with Crippen molar-refractivity contribution >= 4 is 39.7 Å². The molecule has 33 heavy (non-hydrogen) atoms. The molecule has 9 nitrogen and oxygen atoms in total. The molecule has 2 N–H and O–H groups in total. The van der Waals surface area contributed by atoms with Gasteiger partial charge in [0.1, 0.15) is 11.4 Å². The molecule has 0 saturated carbocycles. The topological polar surface area (TPSA) is 99.7 Å². The lowest BCUT2D eigenvalue weighted by molar-refractivity contribution is 0.0991. The predicted octanol–water partition coefficient (Wildman–Crippen LogP) is 2.51. The summed E-state index contributed by atoms with van der Waals surface area (Å²) in [4.78, 5) is 38.5. The Kier molecular flexibility index (Phi) is 4.77. The van der Waals surface area contributed by atoms with Crippen LogP contribution in [0.3, 0.4) is 0 Å². The molecule has 10 heteroatoms. The van der Waals surface area contributed by atoms with Crippen molar-refractivity contribution in [3.05, 3.63) is 58.9 Å². The molecule has 2 fully saturated rings. The zero-order valence-electron chi connectivity index (χ0n) is 17.9. The molecule has 3 aliphatic rings. The second kappa shape index (κ2) is 7.82. The number of thiazole rings is 1. The Hall–Kier alpha value is -3.50. The lowest BCUT2D eigenvalue weighted by Crippen LogP contribution is -2.44. The van der Waals surface area contributed by atoms with E-state index in [0.717, 1.165) is 30.8 Å². The van der Waals surface area contributed by atoms with Crippen molar-refractivity contribution in [1.82, 2.24) is 15.3 Å². The highest BCUT2D eigenvalue weighted by molar-refractivity contribution is 7.14. The number of carbonyl (C=O) groups is 2. The van der Waals surface area contributed by atoms with Gasteiger partial charge in [0.2, 0.25) is 0 Å². The normalized spacial score (nSPS) is 20.9. The third-order valence-electron chi connectivity index (χ3n) is 6.49. The van der Waals surface area contributed by atoms with Crippen LogP contribution in [0.25, 0.3) is 0 Å². The first-order valence-electron chi connectivity index (χ1n) is 10.8. The number of nitrogens with zero attached hydrogens (tertiary/aromatic N) is 4. The van der Waals surface area contributed by atoms with Gasteiger partial charge in [-0.05, 0) is 30.2 Å². The van der Waals surface area contributed by atoms with Crippen LogP contribution >= 0.6 is 11.3 Å². The van der Waals surface area contributed by atoms with Crippen molar-refractivity contribution in [1.29, 1.82) is 0 Å². The van der Waals surface area contributed by atoms with Gasteiger partial charge < -0.3 is 20.3 Å². The molecule has 2 atom stereocenters. The number of hydrogen-bond donors (Lipinski definition) is 2. The minimum Gasteiger partial charge on any atom is -0.497 e. The molecule has 0 radical (unpaired) electrons. The highest BCUT2D eigenvalue weighted by atomic mass is 32.1. The zero-order chi connectivity index (χ0) is 22.5. The number of nitrogens with one attached hydrogen (secondary N) is 2. The number of fused-ring (bicyclic) bond motifs is 3. The quantitative estimate of drug-likeness (QED) is 0.601. The monoisotopic (exact) mass is 462 g/mol. The number of benzene rings is 1. The summed E-state index contributed by atoms with van der Waals surface area (Å²) in [6.07, 6.45) is 4.54. The van der Waals surface area contributed by atoms with Crippen LogP contribution < -0.4 is 25.2 Å². The molecule has 2 bridgehead atoms. The summed E-state index contributed by atoms with van der Waals surface area (Å²) < 4.78 is 5.23. The molecule has 2 aromatic heterocycles. The van der Waals surface area contributed by atoms with Gasteiger partial charge in [0.15, 0.2) is 5.13 Å². The van der Waals surface area contributed by atoms with Crippen LogP contribution in [-0.2, 0) is 6.54 Å². The van der Waals surface area contributed by atoms with Gasteiger partial charge in [0, 0.05) is 42.3 Å².